The number of carboxylic acid groups (broad SMARTS) is 1. The molecule has 9 heteroatoms. The van der Waals surface area contributed by atoms with Crippen LogP contribution in [0.2, 0.25) is 0 Å². The molecule has 0 heterocycles. The molecule has 486 valence electrons. The molecule has 0 aliphatic heterocycles. The molecule has 0 aromatic heterocycles. The molecule has 0 aromatic carbocycles. The van der Waals surface area contributed by atoms with E-state index in [0.29, 0.717) is 23.9 Å². The van der Waals surface area contributed by atoms with Gasteiger partial charge >= 0.3 is 17.9 Å². The minimum Gasteiger partial charge on any atom is -0.477 e. The maximum atomic E-state index is 12.9. The maximum absolute atomic E-state index is 12.9. The van der Waals surface area contributed by atoms with E-state index < -0.39 is 24.3 Å². The van der Waals surface area contributed by atoms with Crippen molar-refractivity contribution in [3.05, 3.63) is 48.6 Å². The summed E-state index contributed by atoms with van der Waals surface area (Å²) in [5, 5.41) is 9.72. The molecule has 0 saturated carbocycles. The fourth-order valence-corrected chi connectivity index (χ4v) is 10.6. The molecule has 0 aromatic rings. The van der Waals surface area contributed by atoms with Crippen molar-refractivity contribution in [1.82, 2.24) is 0 Å². The molecule has 2 unspecified atom stereocenters. The molecule has 83 heavy (non-hydrogen) atoms. The van der Waals surface area contributed by atoms with Crippen LogP contribution in [0.15, 0.2) is 48.6 Å². The second-order valence-corrected chi connectivity index (χ2v) is 25.5. The van der Waals surface area contributed by atoms with E-state index in [9.17, 15) is 19.5 Å². The number of hydrogen-bond acceptors (Lipinski definition) is 7. The number of carboxylic acids is 1. The summed E-state index contributed by atoms with van der Waals surface area (Å²) in [6, 6.07) is 0. The third-order valence-electron chi connectivity index (χ3n) is 16.1. The summed E-state index contributed by atoms with van der Waals surface area (Å²) in [4.78, 5) is 37.5. The van der Waals surface area contributed by atoms with Gasteiger partial charge in [-0.15, -0.1) is 0 Å². The van der Waals surface area contributed by atoms with Crippen LogP contribution in [-0.2, 0) is 33.3 Å². The number of carbonyl (C=O) groups is 3. The minimum atomic E-state index is -1.51. The van der Waals surface area contributed by atoms with Crippen molar-refractivity contribution in [2.45, 2.75) is 360 Å². The summed E-state index contributed by atoms with van der Waals surface area (Å²) in [7, 11) is 5.98. The molecule has 0 bridgehead atoms. The molecule has 0 saturated heterocycles. The van der Waals surface area contributed by atoms with Crippen LogP contribution in [0.3, 0.4) is 0 Å². The first-order valence-electron chi connectivity index (χ1n) is 35.8. The topological polar surface area (TPSA) is 108 Å². The number of allylic oxidation sites excluding steroid dienone is 8. The number of likely N-dealkylation sites (N-methyl/N-ethyl adjacent to an activating group) is 1. The van der Waals surface area contributed by atoms with E-state index in [-0.39, 0.29) is 32.2 Å². The summed E-state index contributed by atoms with van der Waals surface area (Å²) < 4.78 is 22.9. The predicted molar refractivity (Wildman–Crippen MR) is 355 cm³/mol. The van der Waals surface area contributed by atoms with Crippen molar-refractivity contribution in [2.75, 3.05) is 47.5 Å². The Morgan fingerprint density at radius 1 is 0.373 bits per heavy atom. The van der Waals surface area contributed by atoms with Gasteiger partial charge in [-0.05, 0) is 70.6 Å². The Kier molecular flexibility index (Phi) is 63.1. The number of esters is 2. The van der Waals surface area contributed by atoms with Crippen molar-refractivity contribution in [2.24, 2.45) is 0 Å². The molecular formula is C74H138NO8+. The maximum Gasteiger partial charge on any atom is 0.361 e. The zero-order valence-corrected chi connectivity index (χ0v) is 55.6. The summed E-state index contributed by atoms with van der Waals surface area (Å²) in [6.07, 6.45) is 81.2. The van der Waals surface area contributed by atoms with E-state index in [1.807, 2.05) is 21.1 Å². The van der Waals surface area contributed by atoms with Gasteiger partial charge in [-0.2, -0.15) is 0 Å². The molecule has 0 radical (unpaired) electrons. The lowest BCUT2D eigenvalue weighted by molar-refractivity contribution is -0.870. The van der Waals surface area contributed by atoms with Gasteiger partial charge in [-0.3, -0.25) is 9.59 Å². The Hall–Kier alpha value is -2.75. The number of quaternary nitrogens is 1. The first-order chi connectivity index (χ1) is 40.6. The van der Waals surface area contributed by atoms with Crippen LogP contribution in [0.1, 0.15) is 348 Å². The summed E-state index contributed by atoms with van der Waals surface area (Å²) in [5.74, 6) is -2.00. The fraction of sp³-hybridized carbons (Fsp3) is 0.851. The van der Waals surface area contributed by atoms with Gasteiger partial charge in [0.2, 0.25) is 0 Å². The number of rotatable bonds is 67. The SMILES string of the molecule is CC/C=C\C/C=C\C/C=C\CCCCCCCCCC(=O)OC(COC(=O)CCCCCCCCCCCCCCCCCCCCCCCCCCCCCCC/C=C\CCCCCCCCCC)COC(OCC[N+](C)(C)C)C(=O)O. The van der Waals surface area contributed by atoms with E-state index in [0.717, 1.165) is 64.2 Å². The smallest absolute Gasteiger partial charge is 0.361 e. The van der Waals surface area contributed by atoms with Gasteiger partial charge in [0.05, 0.1) is 34.4 Å². The average Bonchev–Trinajstić information content (AvgIpc) is 3.46. The van der Waals surface area contributed by atoms with Crippen molar-refractivity contribution >= 4 is 17.9 Å². The van der Waals surface area contributed by atoms with Gasteiger partial charge in [-0.25, -0.2) is 4.79 Å². The summed E-state index contributed by atoms with van der Waals surface area (Å²) >= 11 is 0. The molecule has 0 aliphatic carbocycles. The Morgan fingerprint density at radius 2 is 0.687 bits per heavy atom. The van der Waals surface area contributed by atoms with Gasteiger partial charge in [0.1, 0.15) is 13.2 Å². The van der Waals surface area contributed by atoms with Gasteiger partial charge < -0.3 is 28.5 Å². The highest BCUT2D eigenvalue weighted by atomic mass is 16.7. The lowest BCUT2D eigenvalue weighted by Gasteiger charge is -2.25. The summed E-state index contributed by atoms with van der Waals surface area (Å²) in [6.45, 7) is 4.80. The van der Waals surface area contributed by atoms with Crippen LogP contribution in [-0.4, -0.2) is 87.4 Å². The molecule has 0 aliphatic rings. The quantitative estimate of drug-likeness (QED) is 0.0211. The first-order valence-corrected chi connectivity index (χ1v) is 35.8. The Labute approximate surface area is 514 Å². The van der Waals surface area contributed by atoms with E-state index in [2.05, 4.69) is 62.5 Å². The third kappa shape index (κ3) is 66.6. The second kappa shape index (κ2) is 65.2. The fourth-order valence-electron chi connectivity index (χ4n) is 10.6. The minimum absolute atomic E-state index is 0.183. The van der Waals surface area contributed by atoms with Crippen molar-refractivity contribution in [1.29, 1.82) is 0 Å². The van der Waals surface area contributed by atoms with Crippen LogP contribution in [0.25, 0.3) is 0 Å². The standard InChI is InChI=1S/C74H137NO8/c1-6-8-10-12-14-16-18-20-22-24-25-26-27-28-29-30-31-32-33-34-35-36-37-38-39-40-41-42-43-44-45-46-47-49-50-52-54-56-58-60-62-64-71(76)81-68-70(69-82-74(73(78)79)80-67-66-75(3,4)5)83-72(77)65-63-61-59-57-55-53-51-48-23-21-19-17-15-13-11-9-7-2/h9,11,15,17,21,23-25,70,74H,6-8,10,12-14,16,18-20,22,26-69H2,1-5H3/p+1/b11-9-,17-15-,23-21-,25-24-. The van der Waals surface area contributed by atoms with Crippen LogP contribution in [0.5, 0.6) is 0 Å². The van der Waals surface area contributed by atoms with Crippen LogP contribution in [0, 0.1) is 0 Å². The van der Waals surface area contributed by atoms with E-state index in [4.69, 9.17) is 18.9 Å². The Balaban J connectivity index is 3.89. The van der Waals surface area contributed by atoms with E-state index in [1.54, 1.807) is 0 Å². The lowest BCUT2D eigenvalue weighted by Crippen LogP contribution is -2.40. The molecule has 2 atom stereocenters. The molecule has 1 N–H and O–H groups in total. The van der Waals surface area contributed by atoms with Gasteiger partial charge in [-0.1, -0.05) is 313 Å². The molecule has 0 fully saturated rings. The van der Waals surface area contributed by atoms with E-state index >= 15 is 0 Å². The van der Waals surface area contributed by atoms with Crippen LogP contribution in [0.4, 0.5) is 0 Å². The number of unbranched alkanes of at least 4 members (excludes halogenated alkanes) is 44. The van der Waals surface area contributed by atoms with E-state index in [1.165, 1.54) is 250 Å². The molecule has 0 spiro atoms. The Morgan fingerprint density at radius 3 is 1.04 bits per heavy atom. The second-order valence-electron chi connectivity index (χ2n) is 25.5. The number of nitrogens with zero attached hydrogens (tertiary/aromatic N) is 1. The van der Waals surface area contributed by atoms with Crippen molar-refractivity contribution in [3.8, 4) is 0 Å². The third-order valence-corrected chi connectivity index (χ3v) is 16.1. The summed E-state index contributed by atoms with van der Waals surface area (Å²) in [5.41, 5.74) is 0. The zero-order valence-electron chi connectivity index (χ0n) is 55.6. The average molecular weight is 1170 g/mol. The van der Waals surface area contributed by atoms with Gasteiger partial charge in [0.15, 0.2) is 6.10 Å². The normalized spacial score (nSPS) is 12.9. The first kappa shape index (κ1) is 80.2. The van der Waals surface area contributed by atoms with Crippen molar-refractivity contribution in [3.63, 3.8) is 0 Å². The highest BCUT2D eigenvalue weighted by molar-refractivity contribution is 5.71. The highest BCUT2D eigenvalue weighted by Gasteiger charge is 2.25. The number of ether oxygens (including phenoxy) is 4. The lowest BCUT2D eigenvalue weighted by atomic mass is 10.0. The highest BCUT2D eigenvalue weighted by Crippen LogP contribution is 2.19. The van der Waals surface area contributed by atoms with Crippen LogP contribution >= 0.6 is 0 Å². The molecule has 0 rings (SSSR count). The molecular weight excluding hydrogens is 1030 g/mol. The van der Waals surface area contributed by atoms with Crippen molar-refractivity contribution < 1.29 is 42.9 Å². The number of aliphatic carboxylic acids is 1. The predicted octanol–water partition coefficient (Wildman–Crippen LogP) is 22.1. The van der Waals surface area contributed by atoms with Gasteiger partial charge in [0.25, 0.3) is 6.29 Å². The molecule has 9 nitrogen and oxygen atoms in total. The number of carbonyl (C=O) groups excluding carboxylic acids is 2. The Bertz CT molecular complexity index is 1500. The van der Waals surface area contributed by atoms with Crippen LogP contribution < -0.4 is 0 Å². The number of hydrogen-bond donors (Lipinski definition) is 1. The van der Waals surface area contributed by atoms with Gasteiger partial charge in [0, 0.05) is 12.8 Å². The molecule has 0 amide bonds. The monoisotopic (exact) mass is 1170 g/mol. The zero-order chi connectivity index (χ0) is 60.5. The largest absolute Gasteiger partial charge is 0.477 e.